The SMILES string of the molecule is CC(C)c1ccc(OCCCn2c(CCCCCNC(=O)Cc3ccc(Cl)cc3)nc3ccccc32)cc1. The number of ether oxygens (including phenoxy) is 1. The third kappa shape index (κ3) is 8.09. The summed E-state index contributed by atoms with van der Waals surface area (Å²) in [5.41, 5.74) is 4.52. The Morgan fingerprint density at radius 1 is 0.947 bits per heavy atom. The minimum atomic E-state index is 0.0483. The fourth-order valence-electron chi connectivity index (χ4n) is 4.59. The van der Waals surface area contributed by atoms with Gasteiger partial charge in [0.2, 0.25) is 5.91 Å². The number of imidazole rings is 1. The van der Waals surface area contributed by atoms with E-state index >= 15 is 0 Å². The lowest BCUT2D eigenvalue weighted by atomic mass is 10.0. The lowest BCUT2D eigenvalue weighted by Gasteiger charge is -2.11. The van der Waals surface area contributed by atoms with Gasteiger partial charge in [0, 0.05) is 24.5 Å². The molecule has 1 heterocycles. The number of fused-ring (bicyclic) bond motifs is 1. The molecule has 1 aromatic heterocycles. The Kier molecular flexibility index (Phi) is 10.2. The molecule has 0 saturated carbocycles. The van der Waals surface area contributed by atoms with Crippen LogP contribution in [0.1, 0.15) is 62.4 Å². The van der Waals surface area contributed by atoms with Crippen molar-refractivity contribution < 1.29 is 9.53 Å². The normalized spacial score (nSPS) is 11.3. The second-order valence-corrected chi connectivity index (χ2v) is 10.5. The molecule has 0 saturated heterocycles. The zero-order valence-electron chi connectivity index (χ0n) is 22.5. The molecule has 3 aromatic carbocycles. The molecule has 6 heteroatoms. The fourth-order valence-corrected chi connectivity index (χ4v) is 4.72. The van der Waals surface area contributed by atoms with Gasteiger partial charge < -0.3 is 14.6 Å². The molecule has 0 spiro atoms. The molecule has 0 aliphatic carbocycles. The van der Waals surface area contributed by atoms with Crippen molar-refractivity contribution in [2.75, 3.05) is 13.2 Å². The number of hydrogen-bond donors (Lipinski definition) is 1. The number of amides is 1. The van der Waals surface area contributed by atoms with E-state index in [1.165, 1.54) is 11.1 Å². The van der Waals surface area contributed by atoms with Crippen molar-refractivity contribution in [1.29, 1.82) is 0 Å². The van der Waals surface area contributed by atoms with Crippen LogP contribution in [0.3, 0.4) is 0 Å². The van der Waals surface area contributed by atoms with Crippen molar-refractivity contribution in [3.8, 4) is 5.75 Å². The Labute approximate surface area is 231 Å². The topological polar surface area (TPSA) is 56.1 Å². The van der Waals surface area contributed by atoms with E-state index in [0.717, 1.165) is 61.3 Å². The van der Waals surface area contributed by atoms with E-state index in [-0.39, 0.29) is 5.91 Å². The van der Waals surface area contributed by atoms with Crippen LogP contribution in [-0.4, -0.2) is 28.6 Å². The van der Waals surface area contributed by atoms with Crippen LogP contribution >= 0.6 is 11.6 Å². The molecule has 0 aliphatic rings. The third-order valence-electron chi connectivity index (χ3n) is 6.75. The zero-order chi connectivity index (χ0) is 26.7. The summed E-state index contributed by atoms with van der Waals surface area (Å²) >= 11 is 5.91. The molecular formula is C32H38ClN3O2. The minimum Gasteiger partial charge on any atom is -0.494 e. The van der Waals surface area contributed by atoms with Crippen molar-refractivity contribution in [2.45, 2.75) is 64.8 Å². The summed E-state index contributed by atoms with van der Waals surface area (Å²) in [7, 11) is 0. The van der Waals surface area contributed by atoms with Gasteiger partial charge in [0.05, 0.1) is 24.1 Å². The maximum atomic E-state index is 12.2. The number of rotatable bonds is 14. The Morgan fingerprint density at radius 2 is 1.71 bits per heavy atom. The van der Waals surface area contributed by atoms with Crippen LogP contribution < -0.4 is 10.1 Å². The van der Waals surface area contributed by atoms with Crippen LogP contribution in [0.15, 0.2) is 72.8 Å². The molecule has 0 atom stereocenters. The van der Waals surface area contributed by atoms with Crippen LogP contribution in [0.25, 0.3) is 11.0 Å². The number of benzene rings is 3. The summed E-state index contributed by atoms with van der Waals surface area (Å²) in [5.74, 6) is 2.62. The summed E-state index contributed by atoms with van der Waals surface area (Å²) in [6.45, 7) is 6.64. The molecule has 0 fully saturated rings. The lowest BCUT2D eigenvalue weighted by molar-refractivity contribution is -0.120. The van der Waals surface area contributed by atoms with Crippen LogP contribution in [-0.2, 0) is 24.2 Å². The first-order chi connectivity index (χ1) is 18.5. The predicted octanol–water partition coefficient (Wildman–Crippen LogP) is 7.35. The first-order valence-corrected chi connectivity index (χ1v) is 14.1. The number of para-hydroxylation sites is 2. The molecule has 1 N–H and O–H groups in total. The number of unbranched alkanes of at least 4 members (excludes halogenated alkanes) is 2. The Bertz CT molecular complexity index is 1300. The summed E-state index contributed by atoms with van der Waals surface area (Å²) in [6.07, 6.45) is 5.25. The summed E-state index contributed by atoms with van der Waals surface area (Å²) < 4.78 is 8.35. The number of aromatic nitrogens is 2. The van der Waals surface area contributed by atoms with Gasteiger partial charge in [-0.25, -0.2) is 4.98 Å². The van der Waals surface area contributed by atoms with E-state index in [2.05, 4.69) is 66.2 Å². The van der Waals surface area contributed by atoms with Crippen molar-refractivity contribution in [1.82, 2.24) is 14.9 Å². The molecule has 0 unspecified atom stereocenters. The Morgan fingerprint density at radius 3 is 2.47 bits per heavy atom. The second kappa shape index (κ2) is 14.0. The average molecular weight is 532 g/mol. The molecular weight excluding hydrogens is 494 g/mol. The first kappa shape index (κ1) is 27.7. The highest BCUT2D eigenvalue weighted by atomic mass is 35.5. The molecule has 0 aliphatic heterocycles. The molecule has 0 bridgehead atoms. The van der Waals surface area contributed by atoms with Crippen molar-refractivity contribution in [3.63, 3.8) is 0 Å². The van der Waals surface area contributed by atoms with Gasteiger partial charge in [0.1, 0.15) is 11.6 Å². The summed E-state index contributed by atoms with van der Waals surface area (Å²) in [6, 6.07) is 24.2. The van der Waals surface area contributed by atoms with Gasteiger partial charge >= 0.3 is 0 Å². The van der Waals surface area contributed by atoms with Crippen LogP contribution in [0.2, 0.25) is 5.02 Å². The highest BCUT2D eigenvalue weighted by molar-refractivity contribution is 6.30. The average Bonchev–Trinajstić information content (AvgIpc) is 3.27. The highest BCUT2D eigenvalue weighted by Crippen LogP contribution is 2.20. The van der Waals surface area contributed by atoms with Gasteiger partial charge in [-0.2, -0.15) is 0 Å². The smallest absolute Gasteiger partial charge is 0.224 e. The summed E-state index contributed by atoms with van der Waals surface area (Å²) in [4.78, 5) is 17.1. The molecule has 5 nitrogen and oxygen atoms in total. The number of nitrogens with zero attached hydrogens (tertiary/aromatic N) is 2. The number of carbonyl (C=O) groups is 1. The number of aryl methyl sites for hydroxylation is 2. The maximum absolute atomic E-state index is 12.2. The molecule has 1 amide bonds. The predicted molar refractivity (Wildman–Crippen MR) is 156 cm³/mol. The first-order valence-electron chi connectivity index (χ1n) is 13.7. The van der Waals surface area contributed by atoms with Crippen LogP contribution in [0.5, 0.6) is 5.75 Å². The number of nitrogens with one attached hydrogen (secondary N) is 1. The van der Waals surface area contributed by atoms with Gasteiger partial charge in [-0.1, -0.05) is 68.3 Å². The number of carbonyl (C=O) groups excluding carboxylic acids is 1. The van der Waals surface area contributed by atoms with Crippen molar-refractivity contribution in [3.05, 3.63) is 94.8 Å². The minimum absolute atomic E-state index is 0.0483. The van der Waals surface area contributed by atoms with E-state index in [1.807, 2.05) is 30.3 Å². The van der Waals surface area contributed by atoms with Gasteiger partial charge in [-0.15, -0.1) is 0 Å². The zero-order valence-corrected chi connectivity index (χ0v) is 23.2. The van der Waals surface area contributed by atoms with Crippen LogP contribution in [0.4, 0.5) is 0 Å². The van der Waals surface area contributed by atoms with Gasteiger partial charge in [-0.05, 0) is 72.7 Å². The van der Waals surface area contributed by atoms with Gasteiger partial charge in [0.15, 0.2) is 0 Å². The van der Waals surface area contributed by atoms with E-state index in [0.29, 0.717) is 30.5 Å². The van der Waals surface area contributed by atoms with E-state index < -0.39 is 0 Å². The van der Waals surface area contributed by atoms with Gasteiger partial charge in [-0.3, -0.25) is 4.79 Å². The molecule has 0 radical (unpaired) electrons. The monoisotopic (exact) mass is 531 g/mol. The van der Waals surface area contributed by atoms with Crippen LogP contribution in [0, 0.1) is 0 Å². The lowest BCUT2D eigenvalue weighted by Crippen LogP contribution is -2.26. The fraction of sp³-hybridized carbons (Fsp3) is 0.375. The van der Waals surface area contributed by atoms with E-state index in [9.17, 15) is 4.79 Å². The molecule has 200 valence electrons. The van der Waals surface area contributed by atoms with Gasteiger partial charge in [0.25, 0.3) is 0 Å². The standard InChI is InChI=1S/C32H38ClN3O2/c1-24(2)26-14-18-28(19-15-26)38-22-8-21-36-30-10-6-5-9-29(30)35-31(36)11-4-3-7-20-34-32(37)23-25-12-16-27(33)17-13-25/h5-6,9-10,12-19,24H,3-4,7-8,11,20-23H2,1-2H3,(H,34,37). The number of hydrogen-bond acceptors (Lipinski definition) is 3. The number of halogens is 1. The second-order valence-electron chi connectivity index (χ2n) is 10.1. The van der Waals surface area contributed by atoms with Crippen molar-refractivity contribution in [2.24, 2.45) is 0 Å². The Balaban J connectivity index is 1.20. The highest BCUT2D eigenvalue weighted by Gasteiger charge is 2.10. The molecule has 4 aromatic rings. The molecule has 4 rings (SSSR count). The largest absolute Gasteiger partial charge is 0.494 e. The van der Waals surface area contributed by atoms with Crippen molar-refractivity contribution >= 4 is 28.5 Å². The quantitative estimate of drug-likeness (QED) is 0.173. The summed E-state index contributed by atoms with van der Waals surface area (Å²) in [5, 5.41) is 3.71. The van der Waals surface area contributed by atoms with E-state index in [4.69, 9.17) is 21.3 Å². The maximum Gasteiger partial charge on any atom is 0.224 e. The Hall–Kier alpha value is -3.31. The molecule has 38 heavy (non-hydrogen) atoms. The third-order valence-corrected chi connectivity index (χ3v) is 7.00. The van der Waals surface area contributed by atoms with E-state index in [1.54, 1.807) is 0 Å².